The van der Waals surface area contributed by atoms with Gasteiger partial charge in [0.2, 0.25) is 0 Å². The summed E-state index contributed by atoms with van der Waals surface area (Å²) in [6.45, 7) is 0.415. The molecule has 0 amide bonds. The predicted molar refractivity (Wildman–Crippen MR) is 47.1 cm³/mol. The number of benzene rings is 1. The number of nitrogens with one attached hydrogen (secondary N) is 1. The minimum Gasteiger partial charge on any atom is -0.316 e. The van der Waals surface area contributed by atoms with Gasteiger partial charge >= 0.3 is 0 Å². The number of hydrogen-bond donors (Lipinski definition) is 1. The number of halogens is 2. The molecule has 0 spiro atoms. The maximum absolute atomic E-state index is 13.0. The Hall–Kier alpha value is -1.40. The quantitative estimate of drug-likeness (QED) is 0.684. The highest BCUT2D eigenvalue weighted by Crippen LogP contribution is 2.14. The molecule has 0 fully saturated rings. The summed E-state index contributed by atoms with van der Waals surface area (Å²) in [6.07, 6.45) is 4.93. The fourth-order valence-corrected chi connectivity index (χ4v) is 1.07. The summed E-state index contributed by atoms with van der Waals surface area (Å²) in [4.78, 5) is 0. The predicted octanol–water partition coefficient (Wildman–Crippen LogP) is 1.67. The molecule has 1 rings (SSSR count). The van der Waals surface area contributed by atoms with Crippen LogP contribution in [0.25, 0.3) is 0 Å². The van der Waals surface area contributed by atoms with E-state index in [0.717, 1.165) is 0 Å². The summed E-state index contributed by atoms with van der Waals surface area (Å²) < 4.78 is 26.0. The van der Waals surface area contributed by atoms with Gasteiger partial charge in [0.1, 0.15) is 11.6 Å². The zero-order chi connectivity index (χ0) is 9.84. The topological polar surface area (TPSA) is 12.0 Å². The largest absolute Gasteiger partial charge is 0.316 e. The van der Waals surface area contributed by atoms with E-state index in [1.54, 1.807) is 7.05 Å². The first-order chi connectivity index (χ1) is 6.19. The van der Waals surface area contributed by atoms with E-state index in [0.29, 0.717) is 12.1 Å². The van der Waals surface area contributed by atoms with Crippen LogP contribution >= 0.6 is 0 Å². The molecule has 1 aromatic rings. The second-order valence-corrected chi connectivity index (χ2v) is 2.61. The molecule has 0 aromatic heterocycles. The molecular formula is C10H9F2N. The molecule has 0 atom stereocenters. The third-order valence-electron chi connectivity index (χ3n) is 1.63. The molecule has 0 bridgehead atoms. The molecule has 1 nitrogen and oxygen atoms in total. The summed E-state index contributed by atoms with van der Waals surface area (Å²) in [6, 6.07) is 2.46. The van der Waals surface area contributed by atoms with Crippen LogP contribution in [-0.4, -0.2) is 7.05 Å². The Morgan fingerprint density at radius 1 is 1.38 bits per heavy atom. The van der Waals surface area contributed by atoms with Crippen LogP contribution in [0.2, 0.25) is 0 Å². The van der Waals surface area contributed by atoms with Crippen LogP contribution in [0.1, 0.15) is 11.1 Å². The molecule has 0 saturated heterocycles. The number of terminal acetylenes is 1. The Kier molecular flexibility index (Phi) is 2.99. The van der Waals surface area contributed by atoms with Crippen LogP contribution in [0.4, 0.5) is 8.78 Å². The number of hydrogen-bond acceptors (Lipinski definition) is 1. The zero-order valence-corrected chi connectivity index (χ0v) is 7.20. The van der Waals surface area contributed by atoms with Crippen molar-refractivity contribution in [2.24, 2.45) is 0 Å². The van der Waals surface area contributed by atoms with Gasteiger partial charge < -0.3 is 5.32 Å². The Morgan fingerprint density at radius 2 is 1.92 bits per heavy atom. The Balaban J connectivity index is 3.14. The van der Waals surface area contributed by atoms with Gasteiger partial charge in [-0.25, -0.2) is 8.78 Å². The molecule has 3 heteroatoms. The Bertz CT molecular complexity index is 329. The lowest BCUT2D eigenvalue weighted by molar-refractivity contribution is 0.572. The van der Waals surface area contributed by atoms with Crippen molar-refractivity contribution in [1.29, 1.82) is 0 Å². The lowest BCUT2D eigenvalue weighted by atomic mass is 10.1. The first-order valence-corrected chi connectivity index (χ1v) is 3.78. The fourth-order valence-electron chi connectivity index (χ4n) is 1.07. The smallest absolute Gasteiger partial charge is 0.142 e. The molecule has 0 unspecified atom stereocenters. The summed E-state index contributed by atoms with van der Waals surface area (Å²) in [5.41, 5.74) is 0.233. The molecule has 0 radical (unpaired) electrons. The van der Waals surface area contributed by atoms with E-state index in [1.165, 1.54) is 12.1 Å². The van der Waals surface area contributed by atoms with Crippen molar-refractivity contribution in [3.63, 3.8) is 0 Å². The first-order valence-electron chi connectivity index (χ1n) is 3.78. The summed E-state index contributed by atoms with van der Waals surface area (Å²) in [5.74, 6) is 0.588. The van der Waals surface area contributed by atoms with E-state index < -0.39 is 11.6 Å². The van der Waals surface area contributed by atoms with E-state index >= 15 is 0 Å². The molecule has 0 aliphatic rings. The van der Waals surface area contributed by atoms with Gasteiger partial charge in [-0.05, 0) is 24.7 Å². The maximum Gasteiger partial charge on any atom is 0.142 e. The van der Waals surface area contributed by atoms with Gasteiger partial charge in [-0.1, -0.05) is 5.92 Å². The van der Waals surface area contributed by atoms with Crippen LogP contribution in [0.3, 0.4) is 0 Å². The molecule has 1 aromatic carbocycles. The van der Waals surface area contributed by atoms with E-state index in [2.05, 4.69) is 5.32 Å². The van der Waals surface area contributed by atoms with Gasteiger partial charge in [-0.3, -0.25) is 0 Å². The van der Waals surface area contributed by atoms with Crippen molar-refractivity contribution in [2.75, 3.05) is 7.05 Å². The van der Waals surface area contributed by atoms with Crippen LogP contribution < -0.4 is 5.32 Å². The molecular weight excluding hydrogens is 172 g/mol. The minimum absolute atomic E-state index is 0.306. The van der Waals surface area contributed by atoms with Gasteiger partial charge in [0.05, 0.1) is 5.56 Å². The molecule has 1 N–H and O–H groups in total. The Morgan fingerprint density at radius 3 is 2.31 bits per heavy atom. The van der Waals surface area contributed by atoms with Gasteiger partial charge in [-0.15, -0.1) is 6.42 Å². The minimum atomic E-state index is -0.687. The van der Waals surface area contributed by atoms with Gasteiger partial charge in [-0.2, -0.15) is 0 Å². The molecule has 68 valence electrons. The average Bonchev–Trinajstić information content (AvgIpc) is 2.04. The van der Waals surface area contributed by atoms with Crippen molar-refractivity contribution in [3.8, 4) is 12.3 Å². The van der Waals surface area contributed by atoms with Gasteiger partial charge in [0, 0.05) is 6.54 Å². The fraction of sp³-hybridized carbons (Fsp3) is 0.200. The highest BCUT2D eigenvalue weighted by atomic mass is 19.1. The molecule has 0 saturated carbocycles. The SMILES string of the molecule is C#Cc1c(F)cc(CNC)cc1F. The van der Waals surface area contributed by atoms with Crippen LogP contribution in [-0.2, 0) is 6.54 Å². The number of rotatable bonds is 2. The summed E-state index contributed by atoms with van der Waals surface area (Å²) in [5, 5.41) is 2.79. The zero-order valence-electron chi connectivity index (χ0n) is 7.20. The van der Waals surface area contributed by atoms with Gasteiger partial charge in [0.15, 0.2) is 0 Å². The lowest BCUT2D eigenvalue weighted by Crippen LogP contribution is -2.06. The highest BCUT2D eigenvalue weighted by molar-refractivity contribution is 5.37. The standard InChI is InChI=1S/C10H9F2N/c1-3-8-9(11)4-7(6-13-2)5-10(8)12/h1,4-5,13H,6H2,2H3. The molecule has 0 aliphatic heterocycles. The van der Waals surface area contributed by atoms with Crippen molar-refractivity contribution < 1.29 is 8.78 Å². The van der Waals surface area contributed by atoms with Crippen LogP contribution in [0.15, 0.2) is 12.1 Å². The van der Waals surface area contributed by atoms with Crippen molar-refractivity contribution in [2.45, 2.75) is 6.54 Å². The summed E-state index contributed by atoms with van der Waals surface area (Å²) >= 11 is 0. The normalized spacial score (nSPS) is 9.69. The monoisotopic (exact) mass is 181 g/mol. The third-order valence-corrected chi connectivity index (χ3v) is 1.63. The molecule has 0 heterocycles. The highest BCUT2D eigenvalue weighted by Gasteiger charge is 2.07. The van der Waals surface area contributed by atoms with Gasteiger partial charge in [0.25, 0.3) is 0 Å². The lowest BCUT2D eigenvalue weighted by Gasteiger charge is -2.02. The second kappa shape index (κ2) is 4.01. The van der Waals surface area contributed by atoms with E-state index in [-0.39, 0.29) is 5.56 Å². The Labute approximate surface area is 75.8 Å². The maximum atomic E-state index is 13.0. The summed E-state index contributed by atoms with van der Waals surface area (Å²) in [7, 11) is 1.70. The van der Waals surface area contributed by atoms with Crippen LogP contribution in [0, 0.1) is 24.0 Å². The van der Waals surface area contributed by atoms with Crippen molar-refractivity contribution >= 4 is 0 Å². The van der Waals surface area contributed by atoms with E-state index in [9.17, 15) is 8.78 Å². The first kappa shape index (κ1) is 9.69. The molecule has 13 heavy (non-hydrogen) atoms. The second-order valence-electron chi connectivity index (χ2n) is 2.61. The average molecular weight is 181 g/mol. The van der Waals surface area contributed by atoms with Crippen LogP contribution in [0.5, 0.6) is 0 Å². The van der Waals surface area contributed by atoms with Crippen molar-refractivity contribution in [1.82, 2.24) is 5.32 Å². The van der Waals surface area contributed by atoms with E-state index in [1.807, 2.05) is 5.92 Å². The van der Waals surface area contributed by atoms with Crippen molar-refractivity contribution in [3.05, 3.63) is 34.9 Å². The molecule has 0 aliphatic carbocycles. The third kappa shape index (κ3) is 2.04. The van der Waals surface area contributed by atoms with E-state index in [4.69, 9.17) is 6.42 Å².